The second-order valence-electron chi connectivity index (χ2n) is 5.40. The molecule has 1 aliphatic heterocycles. The molecule has 0 spiro atoms. The van der Waals surface area contributed by atoms with Crippen LogP contribution in [0, 0.1) is 24.7 Å². The summed E-state index contributed by atoms with van der Waals surface area (Å²) in [6, 6.07) is 0. The van der Waals surface area contributed by atoms with E-state index in [4.69, 9.17) is 0 Å². The van der Waals surface area contributed by atoms with Gasteiger partial charge in [-0.25, -0.2) is 4.98 Å². The largest absolute Gasteiger partial charge is 0.304 e. The van der Waals surface area contributed by atoms with E-state index in [1.807, 2.05) is 6.92 Å². The maximum Gasteiger partial charge on any atom is 0.273 e. The van der Waals surface area contributed by atoms with Gasteiger partial charge in [0, 0.05) is 11.8 Å². The highest BCUT2D eigenvalue weighted by Gasteiger charge is 2.55. The van der Waals surface area contributed by atoms with Crippen LogP contribution in [0.4, 0.5) is 5.82 Å². The summed E-state index contributed by atoms with van der Waals surface area (Å²) < 4.78 is 0. The number of fused-ring (bicyclic) bond motifs is 3. The zero-order chi connectivity index (χ0) is 13.0. The van der Waals surface area contributed by atoms with Crippen molar-refractivity contribution >= 4 is 23.1 Å². The average molecular weight is 255 g/mol. The predicted molar refractivity (Wildman–Crippen MR) is 70.0 cm³/mol. The van der Waals surface area contributed by atoms with Crippen molar-refractivity contribution in [1.82, 2.24) is 9.97 Å². The normalized spacial score (nSPS) is 30.3. The standard InChI is InChI=1S/C13H13N5O/c1-6-4-15-10(5-14-6)16-13(19)12-9-3-7-2-8(7)11(9)17-18-12/h4-5,7-9H,2-3H2,1H3,(H,15,16,19). The first-order valence-corrected chi connectivity index (χ1v) is 6.47. The van der Waals surface area contributed by atoms with E-state index in [0.29, 0.717) is 17.4 Å². The molecular formula is C13H13N5O. The Balaban J connectivity index is 1.49. The molecule has 2 heterocycles. The zero-order valence-electron chi connectivity index (χ0n) is 10.5. The van der Waals surface area contributed by atoms with Gasteiger partial charge < -0.3 is 5.32 Å². The number of anilines is 1. The van der Waals surface area contributed by atoms with Crippen LogP contribution in [0.2, 0.25) is 0 Å². The van der Waals surface area contributed by atoms with Gasteiger partial charge in [-0.05, 0) is 25.7 Å². The van der Waals surface area contributed by atoms with E-state index in [2.05, 4.69) is 25.5 Å². The summed E-state index contributed by atoms with van der Waals surface area (Å²) in [5.74, 6) is 1.72. The Morgan fingerprint density at radius 3 is 2.95 bits per heavy atom. The molecule has 1 amide bonds. The van der Waals surface area contributed by atoms with Crippen molar-refractivity contribution in [1.29, 1.82) is 0 Å². The Morgan fingerprint density at radius 2 is 2.16 bits per heavy atom. The predicted octanol–water partition coefficient (Wildman–Crippen LogP) is 1.19. The van der Waals surface area contributed by atoms with Crippen LogP contribution in [0.5, 0.6) is 0 Å². The first-order valence-electron chi connectivity index (χ1n) is 6.47. The Hall–Kier alpha value is -2.11. The van der Waals surface area contributed by atoms with Gasteiger partial charge in [-0.3, -0.25) is 9.78 Å². The van der Waals surface area contributed by atoms with Crippen molar-refractivity contribution in [2.24, 2.45) is 28.0 Å². The molecule has 0 bridgehead atoms. The zero-order valence-corrected chi connectivity index (χ0v) is 10.5. The summed E-state index contributed by atoms with van der Waals surface area (Å²) in [5, 5.41) is 11.0. The smallest absolute Gasteiger partial charge is 0.273 e. The van der Waals surface area contributed by atoms with Crippen LogP contribution in [0.15, 0.2) is 22.6 Å². The maximum absolute atomic E-state index is 12.2. The van der Waals surface area contributed by atoms with E-state index in [1.54, 1.807) is 12.4 Å². The minimum Gasteiger partial charge on any atom is -0.304 e. The Labute approximate surface area is 110 Å². The first kappa shape index (κ1) is 10.8. The molecule has 2 fully saturated rings. The lowest BCUT2D eigenvalue weighted by atomic mass is 9.96. The van der Waals surface area contributed by atoms with Crippen molar-refractivity contribution in [3.05, 3.63) is 18.1 Å². The summed E-state index contributed by atoms with van der Waals surface area (Å²) in [6.07, 6.45) is 5.42. The third kappa shape index (κ3) is 1.67. The minimum absolute atomic E-state index is 0.141. The molecule has 6 heteroatoms. The van der Waals surface area contributed by atoms with Crippen LogP contribution < -0.4 is 5.32 Å². The minimum atomic E-state index is -0.205. The van der Waals surface area contributed by atoms with Crippen LogP contribution in [0.1, 0.15) is 18.5 Å². The molecule has 0 saturated heterocycles. The highest BCUT2D eigenvalue weighted by atomic mass is 16.2. The first-order chi connectivity index (χ1) is 9.22. The number of amides is 1. The summed E-state index contributed by atoms with van der Waals surface area (Å²) in [5.41, 5.74) is 2.47. The quantitative estimate of drug-likeness (QED) is 0.862. The van der Waals surface area contributed by atoms with E-state index >= 15 is 0 Å². The number of aromatic nitrogens is 2. The van der Waals surface area contributed by atoms with E-state index in [0.717, 1.165) is 23.7 Å². The molecule has 1 aromatic heterocycles. The molecule has 0 radical (unpaired) electrons. The molecule has 1 aromatic rings. The molecule has 2 aliphatic carbocycles. The highest BCUT2D eigenvalue weighted by Crippen LogP contribution is 2.54. The van der Waals surface area contributed by atoms with Gasteiger partial charge in [0.25, 0.3) is 5.91 Å². The molecule has 19 heavy (non-hydrogen) atoms. The number of nitrogens with one attached hydrogen (secondary N) is 1. The Bertz CT molecular complexity index is 618. The third-order valence-corrected chi connectivity index (χ3v) is 4.06. The van der Waals surface area contributed by atoms with Crippen molar-refractivity contribution in [2.45, 2.75) is 19.8 Å². The van der Waals surface area contributed by atoms with Gasteiger partial charge in [0.05, 0.1) is 23.8 Å². The van der Waals surface area contributed by atoms with Gasteiger partial charge in [-0.1, -0.05) is 0 Å². The average Bonchev–Trinajstić information content (AvgIpc) is 2.89. The molecule has 0 aromatic carbocycles. The second-order valence-corrected chi connectivity index (χ2v) is 5.40. The summed E-state index contributed by atoms with van der Waals surface area (Å²) in [4.78, 5) is 20.4. The summed E-state index contributed by atoms with van der Waals surface area (Å²) in [7, 11) is 0. The van der Waals surface area contributed by atoms with Crippen molar-refractivity contribution in [3.63, 3.8) is 0 Å². The fraction of sp³-hybridized carbons (Fsp3) is 0.462. The van der Waals surface area contributed by atoms with Crippen molar-refractivity contribution in [2.75, 3.05) is 5.32 Å². The SMILES string of the molecule is Cc1cnc(NC(=O)C2=NN=C3C2CC2CC32)cn1. The van der Waals surface area contributed by atoms with Gasteiger partial charge in [-0.2, -0.15) is 5.10 Å². The van der Waals surface area contributed by atoms with Crippen LogP contribution >= 0.6 is 0 Å². The molecular weight excluding hydrogens is 242 g/mol. The molecule has 6 nitrogen and oxygen atoms in total. The van der Waals surface area contributed by atoms with E-state index in [9.17, 15) is 4.79 Å². The number of rotatable bonds is 2. The van der Waals surface area contributed by atoms with Crippen LogP contribution in [0.3, 0.4) is 0 Å². The van der Waals surface area contributed by atoms with Crippen LogP contribution in [-0.2, 0) is 4.79 Å². The molecule has 3 unspecified atom stereocenters. The monoisotopic (exact) mass is 255 g/mol. The molecule has 96 valence electrons. The lowest BCUT2D eigenvalue weighted by Gasteiger charge is -2.10. The van der Waals surface area contributed by atoms with Gasteiger partial charge in [0.2, 0.25) is 0 Å². The molecule has 4 rings (SSSR count). The number of nitrogens with zero attached hydrogens (tertiary/aromatic N) is 4. The number of aryl methyl sites for hydroxylation is 1. The van der Waals surface area contributed by atoms with Crippen molar-refractivity contribution < 1.29 is 4.79 Å². The summed E-state index contributed by atoms with van der Waals surface area (Å²) >= 11 is 0. The Kier molecular flexibility index (Phi) is 2.09. The Morgan fingerprint density at radius 1 is 1.26 bits per heavy atom. The van der Waals surface area contributed by atoms with E-state index < -0.39 is 0 Å². The molecule has 3 atom stereocenters. The second kappa shape index (κ2) is 3.69. The van der Waals surface area contributed by atoms with Gasteiger partial charge in [0.15, 0.2) is 5.82 Å². The van der Waals surface area contributed by atoms with E-state index in [-0.39, 0.29) is 11.8 Å². The van der Waals surface area contributed by atoms with Gasteiger partial charge >= 0.3 is 0 Å². The topological polar surface area (TPSA) is 79.6 Å². The fourth-order valence-electron chi connectivity index (χ4n) is 2.97. The lowest BCUT2D eigenvalue weighted by molar-refractivity contribution is -0.110. The van der Waals surface area contributed by atoms with E-state index in [1.165, 1.54) is 6.42 Å². The molecule has 1 N–H and O–H groups in total. The van der Waals surface area contributed by atoms with Crippen LogP contribution in [0.25, 0.3) is 0 Å². The maximum atomic E-state index is 12.2. The number of carbonyl (C=O) groups excluding carboxylic acids is 1. The number of hydrogen-bond acceptors (Lipinski definition) is 5. The molecule has 3 aliphatic rings. The number of carbonyl (C=O) groups is 1. The summed E-state index contributed by atoms with van der Waals surface area (Å²) in [6.45, 7) is 1.85. The fourth-order valence-corrected chi connectivity index (χ4v) is 2.97. The lowest BCUT2D eigenvalue weighted by Crippen LogP contribution is -2.30. The number of hydrogen-bond donors (Lipinski definition) is 1. The third-order valence-electron chi connectivity index (χ3n) is 4.06. The van der Waals surface area contributed by atoms with Crippen molar-refractivity contribution in [3.8, 4) is 0 Å². The van der Waals surface area contributed by atoms with Gasteiger partial charge in [-0.15, -0.1) is 5.10 Å². The van der Waals surface area contributed by atoms with Crippen LogP contribution in [-0.4, -0.2) is 27.3 Å². The molecule has 2 saturated carbocycles. The van der Waals surface area contributed by atoms with Gasteiger partial charge in [0.1, 0.15) is 5.71 Å². The highest BCUT2D eigenvalue weighted by molar-refractivity contribution is 6.48.